The van der Waals surface area contributed by atoms with E-state index in [9.17, 15) is 33.6 Å². The topological polar surface area (TPSA) is 248 Å². The fraction of sp³-hybridized carbons (Fsp3) is 0.674. The van der Waals surface area contributed by atoms with Crippen LogP contribution in [0, 0.1) is 5.92 Å². The third-order valence-corrected chi connectivity index (χ3v) is 9.98. The normalized spacial score (nSPS) is 13.1. The molecule has 1 aliphatic rings. The molecule has 0 fully saturated rings. The van der Waals surface area contributed by atoms with Gasteiger partial charge < -0.3 is 68.4 Å². The number of methoxy groups -OCH3 is 2. The molecule has 1 heterocycles. The van der Waals surface area contributed by atoms with E-state index in [2.05, 4.69) is 16.0 Å². The minimum atomic E-state index is -0.927. The lowest BCUT2D eigenvalue weighted by molar-refractivity contribution is -0.138. The van der Waals surface area contributed by atoms with Crippen LogP contribution in [-0.2, 0) is 78.0 Å². The Balaban J connectivity index is 1.56. The molecule has 22 heteroatoms. The number of amides is 7. The van der Waals surface area contributed by atoms with E-state index >= 15 is 0 Å². The largest absolute Gasteiger partial charge is 0.445 e. The van der Waals surface area contributed by atoms with Crippen molar-refractivity contribution in [2.24, 2.45) is 5.92 Å². The second kappa shape index (κ2) is 36.0. The minimum Gasteiger partial charge on any atom is -0.445 e. The van der Waals surface area contributed by atoms with E-state index in [4.69, 9.17) is 42.6 Å². The molecule has 2 rings (SSSR count). The molecule has 7 amide bonds. The van der Waals surface area contributed by atoms with Gasteiger partial charge >= 0.3 is 6.09 Å². The van der Waals surface area contributed by atoms with E-state index in [-0.39, 0.29) is 82.0 Å². The average molecular weight is 967 g/mol. The summed E-state index contributed by atoms with van der Waals surface area (Å²) in [6, 6.07) is 4.89. The summed E-state index contributed by atoms with van der Waals surface area (Å²) >= 11 is 0. The number of rotatable bonds is 39. The van der Waals surface area contributed by atoms with Gasteiger partial charge in [-0.05, 0) is 30.5 Å². The van der Waals surface area contributed by atoms with Crippen molar-refractivity contribution in [1.82, 2.24) is 25.3 Å². The maximum Gasteiger partial charge on any atom is 0.410 e. The van der Waals surface area contributed by atoms with Crippen molar-refractivity contribution in [1.29, 1.82) is 0 Å². The summed E-state index contributed by atoms with van der Waals surface area (Å²) in [6.45, 7) is 12.9. The van der Waals surface area contributed by atoms with Crippen LogP contribution in [0.3, 0.4) is 0 Å². The summed E-state index contributed by atoms with van der Waals surface area (Å²) < 4.78 is 48.5. The van der Waals surface area contributed by atoms with Crippen LogP contribution in [0.2, 0.25) is 0 Å². The number of carbonyl (C=O) groups is 7. The third-order valence-electron chi connectivity index (χ3n) is 9.98. The molecule has 22 nitrogen and oxygen atoms in total. The summed E-state index contributed by atoms with van der Waals surface area (Å²) in [4.78, 5) is 91.3. The van der Waals surface area contributed by atoms with Gasteiger partial charge in [0.05, 0.1) is 99.0 Å². The maximum atomic E-state index is 13.1. The third kappa shape index (κ3) is 25.3. The molecule has 0 radical (unpaired) electrons. The molecule has 1 aromatic rings. The van der Waals surface area contributed by atoms with Crippen molar-refractivity contribution in [3.05, 3.63) is 42.0 Å². The van der Waals surface area contributed by atoms with Gasteiger partial charge in [0, 0.05) is 71.1 Å². The Bertz CT molecular complexity index is 1670. The van der Waals surface area contributed by atoms with Gasteiger partial charge in [-0.15, -0.1) is 0 Å². The Kier molecular flexibility index (Phi) is 31.3. The van der Waals surface area contributed by atoms with Gasteiger partial charge in [0.15, 0.2) is 0 Å². The highest BCUT2D eigenvalue weighted by Gasteiger charge is 2.27. The zero-order valence-electron chi connectivity index (χ0n) is 40.6. The van der Waals surface area contributed by atoms with E-state index < -0.39 is 30.0 Å². The molecule has 0 spiro atoms. The molecule has 1 aromatic carbocycles. The predicted molar refractivity (Wildman–Crippen MR) is 247 cm³/mol. The summed E-state index contributed by atoms with van der Waals surface area (Å²) in [6.07, 6.45) is 2.27. The van der Waals surface area contributed by atoms with Crippen LogP contribution < -0.4 is 16.0 Å². The molecule has 0 aromatic heterocycles. The quantitative estimate of drug-likeness (QED) is 0.0619. The van der Waals surface area contributed by atoms with E-state index in [0.717, 1.165) is 4.90 Å². The number of ether oxygens (including phenoxy) is 9. The fourth-order valence-electron chi connectivity index (χ4n) is 6.02. The zero-order valence-corrected chi connectivity index (χ0v) is 40.6. The van der Waals surface area contributed by atoms with Crippen molar-refractivity contribution in [3.8, 4) is 0 Å². The van der Waals surface area contributed by atoms with E-state index in [1.54, 1.807) is 57.0 Å². The van der Waals surface area contributed by atoms with Crippen LogP contribution in [0.4, 0.5) is 10.5 Å². The first-order valence-corrected chi connectivity index (χ1v) is 23.0. The van der Waals surface area contributed by atoms with E-state index in [1.165, 1.54) is 31.1 Å². The van der Waals surface area contributed by atoms with Gasteiger partial charge in [0.25, 0.3) is 11.8 Å². The number of benzene rings is 1. The van der Waals surface area contributed by atoms with Crippen molar-refractivity contribution in [2.75, 3.05) is 145 Å². The lowest BCUT2D eigenvalue weighted by Crippen LogP contribution is -2.53. The lowest BCUT2D eigenvalue weighted by atomic mass is 10.0. The summed E-state index contributed by atoms with van der Waals surface area (Å²) in [5.41, 5.74) is 1.14. The molecule has 2 atom stereocenters. The Morgan fingerprint density at radius 1 is 0.603 bits per heavy atom. The highest BCUT2D eigenvalue weighted by molar-refractivity contribution is 6.12. The molecular weight excluding hydrogens is 893 g/mol. The van der Waals surface area contributed by atoms with Crippen LogP contribution in [0.25, 0.3) is 0 Å². The maximum absolute atomic E-state index is 13.1. The van der Waals surface area contributed by atoms with E-state index in [1.807, 2.05) is 0 Å². The van der Waals surface area contributed by atoms with Gasteiger partial charge in [0.2, 0.25) is 23.6 Å². The summed E-state index contributed by atoms with van der Waals surface area (Å²) in [5, 5.41) is 8.16. The van der Waals surface area contributed by atoms with Crippen LogP contribution in [0.15, 0.2) is 36.4 Å². The number of nitrogens with one attached hydrogen (secondary N) is 3. The molecule has 0 saturated carbocycles. The van der Waals surface area contributed by atoms with Gasteiger partial charge in [-0.1, -0.05) is 32.9 Å². The van der Waals surface area contributed by atoms with Crippen molar-refractivity contribution < 1.29 is 76.2 Å². The van der Waals surface area contributed by atoms with Crippen LogP contribution in [0.1, 0.15) is 46.1 Å². The molecule has 1 unspecified atom stereocenters. The lowest BCUT2D eigenvalue weighted by Gasteiger charge is -2.27. The highest BCUT2D eigenvalue weighted by atomic mass is 16.6. The summed E-state index contributed by atoms with van der Waals surface area (Å²) in [5.74, 6) is -2.33. The standard InChI is InChI=1S/C46H74N6O16/c1-7-40(54)50(17-21-60-5)15-16-51(18-22-61-6)46(59)68-34-37-8-10-38(11-9-37)48-44(57)36(4)47-45(58)43(35(2)3)49-39(53)14-20-62-24-26-64-28-30-66-32-33-67-31-29-65-27-25-63-23-19-52-41(55)12-13-42(52)56/h8-13,35-36,43H,7,14-34H2,1-6H3,(H,47,58)(H,48,57)(H,49,53)/t36-,43?/m0/s1. The molecule has 0 saturated heterocycles. The van der Waals surface area contributed by atoms with Gasteiger partial charge in [-0.25, -0.2) is 4.79 Å². The van der Waals surface area contributed by atoms with Gasteiger partial charge in [-0.2, -0.15) is 0 Å². The molecule has 68 heavy (non-hydrogen) atoms. The molecule has 384 valence electrons. The monoisotopic (exact) mass is 967 g/mol. The molecule has 0 aliphatic carbocycles. The molecule has 0 bridgehead atoms. The van der Waals surface area contributed by atoms with Crippen molar-refractivity contribution in [3.63, 3.8) is 0 Å². The Morgan fingerprint density at radius 2 is 1.09 bits per heavy atom. The number of anilines is 1. The molecule has 3 N–H and O–H groups in total. The number of carbonyl (C=O) groups excluding carboxylic acids is 7. The first-order valence-electron chi connectivity index (χ1n) is 23.0. The van der Waals surface area contributed by atoms with Crippen LogP contribution in [0.5, 0.6) is 0 Å². The zero-order chi connectivity index (χ0) is 49.9. The first kappa shape index (κ1) is 59.1. The first-order chi connectivity index (χ1) is 32.8. The minimum absolute atomic E-state index is 0.0221. The smallest absolute Gasteiger partial charge is 0.410 e. The SMILES string of the molecule is CCC(=O)N(CCOC)CCN(CCOC)C(=O)OCc1ccc(NC(=O)[C@H](C)NC(=O)C(NC(=O)CCOCCOCCOCCOCCOCCOCCN2C(=O)C=CC2=O)C(C)C)cc1. The van der Waals surface area contributed by atoms with Gasteiger partial charge in [-0.3, -0.25) is 33.7 Å². The molecule has 1 aliphatic heterocycles. The van der Waals surface area contributed by atoms with Crippen LogP contribution in [-0.4, -0.2) is 208 Å². The average Bonchev–Trinajstić information content (AvgIpc) is 3.65. The second-order valence-electron chi connectivity index (χ2n) is 15.6. The predicted octanol–water partition coefficient (Wildman–Crippen LogP) is 1.16. The number of hydrogen-bond acceptors (Lipinski definition) is 16. The molecular formula is C46H74N6O16. The Hall–Kier alpha value is -5.07. The summed E-state index contributed by atoms with van der Waals surface area (Å²) in [7, 11) is 3.09. The number of imide groups is 1. The Morgan fingerprint density at radius 3 is 1.59 bits per heavy atom. The van der Waals surface area contributed by atoms with Crippen LogP contribution >= 0.6 is 0 Å². The Labute approximate surface area is 399 Å². The van der Waals surface area contributed by atoms with Crippen molar-refractivity contribution in [2.45, 2.75) is 59.2 Å². The highest BCUT2D eigenvalue weighted by Crippen LogP contribution is 2.13. The number of hydrogen-bond donors (Lipinski definition) is 3. The second-order valence-corrected chi connectivity index (χ2v) is 15.6. The van der Waals surface area contributed by atoms with E-state index in [0.29, 0.717) is 103 Å². The van der Waals surface area contributed by atoms with Crippen molar-refractivity contribution >= 4 is 47.2 Å². The van der Waals surface area contributed by atoms with Gasteiger partial charge in [0.1, 0.15) is 18.7 Å². The fourth-order valence-corrected chi connectivity index (χ4v) is 6.02. The number of nitrogens with zero attached hydrogens (tertiary/aromatic N) is 3.